The van der Waals surface area contributed by atoms with Crippen LogP contribution in [-0.2, 0) is 6.54 Å². The maximum absolute atomic E-state index is 13.8. The van der Waals surface area contributed by atoms with Crippen molar-refractivity contribution in [3.05, 3.63) is 70.0 Å². The fraction of sp³-hybridized carbons (Fsp3) is 0.278. The van der Waals surface area contributed by atoms with Crippen LogP contribution >= 0.6 is 11.6 Å². The predicted molar refractivity (Wildman–Crippen MR) is 88.9 cm³/mol. The number of nitrogens with zero attached hydrogens (tertiary/aromatic N) is 2. The molecule has 25 heavy (non-hydrogen) atoms. The van der Waals surface area contributed by atoms with Gasteiger partial charge in [-0.1, -0.05) is 23.7 Å². The minimum atomic E-state index is -1.12. The molecule has 1 aliphatic rings. The van der Waals surface area contributed by atoms with E-state index >= 15 is 0 Å². The second kappa shape index (κ2) is 7.45. The first kappa shape index (κ1) is 17.8. The molecule has 7 heteroatoms. The molecule has 1 heterocycles. The van der Waals surface area contributed by atoms with E-state index in [9.17, 15) is 18.0 Å². The Bertz CT molecular complexity index is 792. The van der Waals surface area contributed by atoms with Gasteiger partial charge in [-0.05, 0) is 29.8 Å². The molecular formula is C18H16ClF3N2O. The highest BCUT2D eigenvalue weighted by atomic mass is 35.5. The van der Waals surface area contributed by atoms with Gasteiger partial charge in [-0.15, -0.1) is 0 Å². The molecule has 0 atom stereocenters. The number of carbonyl (C=O) groups excluding carboxylic acids is 1. The van der Waals surface area contributed by atoms with E-state index in [-0.39, 0.29) is 11.4 Å². The smallest absolute Gasteiger partial charge is 0.257 e. The third-order valence-electron chi connectivity index (χ3n) is 4.25. The highest BCUT2D eigenvalue weighted by Crippen LogP contribution is 2.20. The van der Waals surface area contributed by atoms with Gasteiger partial charge in [-0.3, -0.25) is 9.69 Å². The van der Waals surface area contributed by atoms with Gasteiger partial charge in [0.1, 0.15) is 5.82 Å². The van der Waals surface area contributed by atoms with E-state index in [1.807, 2.05) is 0 Å². The van der Waals surface area contributed by atoms with Crippen LogP contribution in [0, 0.1) is 17.5 Å². The molecule has 0 radical (unpaired) electrons. The van der Waals surface area contributed by atoms with Crippen LogP contribution < -0.4 is 0 Å². The lowest BCUT2D eigenvalue weighted by Crippen LogP contribution is -2.48. The number of piperazine rings is 1. The lowest BCUT2D eigenvalue weighted by molar-refractivity contribution is 0.0623. The minimum Gasteiger partial charge on any atom is -0.336 e. The SMILES string of the molecule is O=C(c1cccc(F)c1F)N1CCN(Cc2ccc(F)cc2Cl)CC1. The molecule has 0 saturated carbocycles. The third kappa shape index (κ3) is 3.96. The summed E-state index contributed by atoms with van der Waals surface area (Å²) in [7, 11) is 0. The molecule has 0 bridgehead atoms. The van der Waals surface area contributed by atoms with Crippen molar-refractivity contribution < 1.29 is 18.0 Å². The van der Waals surface area contributed by atoms with E-state index < -0.39 is 17.5 Å². The third-order valence-corrected chi connectivity index (χ3v) is 4.60. The standard InChI is InChI=1S/C18H16ClF3N2O/c19-15-10-13(20)5-4-12(15)11-23-6-8-24(9-7-23)18(25)14-2-1-3-16(21)17(14)22/h1-5,10H,6-9,11H2. The normalized spacial score (nSPS) is 15.4. The summed E-state index contributed by atoms with van der Waals surface area (Å²) in [5.41, 5.74) is 0.550. The van der Waals surface area contributed by atoms with Crippen LogP contribution in [0.15, 0.2) is 36.4 Å². The lowest BCUT2D eigenvalue weighted by atomic mass is 10.1. The van der Waals surface area contributed by atoms with Crippen molar-refractivity contribution in [2.45, 2.75) is 6.54 Å². The van der Waals surface area contributed by atoms with E-state index in [4.69, 9.17) is 11.6 Å². The van der Waals surface area contributed by atoms with Gasteiger partial charge in [0.2, 0.25) is 0 Å². The summed E-state index contributed by atoms with van der Waals surface area (Å²) in [4.78, 5) is 15.9. The maximum Gasteiger partial charge on any atom is 0.257 e. The fourth-order valence-corrected chi connectivity index (χ4v) is 3.07. The van der Waals surface area contributed by atoms with E-state index in [1.54, 1.807) is 6.07 Å². The number of halogens is 4. The molecule has 0 spiro atoms. The molecule has 1 amide bonds. The average molecular weight is 369 g/mol. The number of rotatable bonds is 3. The molecule has 0 aliphatic carbocycles. The second-order valence-corrected chi connectivity index (χ2v) is 6.31. The Balaban J connectivity index is 1.61. The Morgan fingerprint density at radius 1 is 1.04 bits per heavy atom. The quantitative estimate of drug-likeness (QED) is 0.824. The van der Waals surface area contributed by atoms with Crippen molar-refractivity contribution in [2.75, 3.05) is 26.2 Å². The van der Waals surface area contributed by atoms with Crippen LogP contribution in [-0.4, -0.2) is 41.9 Å². The molecular weight excluding hydrogens is 353 g/mol. The predicted octanol–water partition coefficient (Wildman–Crippen LogP) is 3.72. The average Bonchev–Trinajstić information content (AvgIpc) is 2.60. The van der Waals surface area contributed by atoms with Gasteiger partial charge in [0.05, 0.1) is 5.56 Å². The van der Waals surface area contributed by atoms with Gasteiger partial charge >= 0.3 is 0 Å². The Labute approximate surface area is 148 Å². The molecule has 2 aromatic rings. The first-order chi connectivity index (χ1) is 12.0. The first-order valence-corrected chi connectivity index (χ1v) is 8.23. The van der Waals surface area contributed by atoms with Crippen LogP contribution in [0.5, 0.6) is 0 Å². The zero-order valence-electron chi connectivity index (χ0n) is 13.3. The molecule has 1 fully saturated rings. The second-order valence-electron chi connectivity index (χ2n) is 5.91. The zero-order valence-corrected chi connectivity index (χ0v) is 14.1. The lowest BCUT2D eigenvalue weighted by Gasteiger charge is -2.35. The topological polar surface area (TPSA) is 23.6 Å². The van der Waals surface area contributed by atoms with Gasteiger partial charge in [-0.25, -0.2) is 13.2 Å². The summed E-state index contributed by atoms with van der Waals surface area (Å²) in [6.45, 7) is 2.46. The van der Waals surface area contributed by atoms with Crippen molar-refractivity contribution >= 4 is 17.5 Å². The number of hydrogen-bond donors (Lipinski definition) is 0. The highest BCUT2D eigenvalue weighted by molar-refractivity contribution is 6.31. The molecule has 0 unspecified atom stereocenters. The van der Waals surface area contributed by atoms with Crippen molar-refractivity contribution in [3.8, 4) is 0 Å². The molecule has 132 valence electrons. The fourth-order valence-electron chi connectivity index (χ4n) is 2.84. The van der Waals surface area contributed by atoms with Gasteiger partial charge in [-0.2, -0.15) is 0 Å². The van der Waals surface area contributed by atoms with Gasteiger partial charge in [0.15, 0.2) is 11.6 Å². The van der Waals surface area contributed by atoms with E-state index in [2.05, 4.69) is 4.90 Å². The van der Waals surface area contributed by atoms with Crippen LogP contribution in [0.2, 0.25) is 5.02 Å². The van der Waals surface area contributed by atoms with Gasteiger partial charge in [0.25, 0.3) is 5.91 Å². The van der Waals surface area contributed by atoms with Crippen LogP contribution in [0.3, 0.4) is 0 Å². The van der Waals surface area contributed by atoms with Crippen molar-refractivity contribution in [2.24, 2.45) is 0 Å². The summed E-state index contributed by atoms with van der Waals surface area (Å²) in [6.07, 6.45) is 0. The van der Waals surface area contributed by atoms with E-state index in [1.165, 1.54) is 29.2 Å². The number of hydrogen-bond acceptors (Lipinski definition) is 2. The summed E-state index contributed by atoms with van der Waals surface area (Å²) >= 11 is 6.03. The van der Waals surface area contributed by atoms with Crippen molar-refractivity contribution in [1.82, 2.24) is 9.80 Å². The zero-order chi connectivity index (χ0) is 18.0. The number of benzene rings is 2. The van der Waals surface area contributed by atoms with E-state index in [0.29, 0.717) is 37.7 Å². The molecule has 2 aromatic carbocycles. The van der Waals surface area contributed by atoms with Crippen LogP contribution in [0.4, 0.5) is 13.2 Å². The van der Waals surface area contributed by atoms with Gasteiger partial charge < -0.3 is 4.90 Å². The summed E-state index contributed by atoms with van der Waals surface area (Å²) in [6, 6.07) is 7.84. The van der Waals surface area contributed by atoms with Crippen molar-refractivity contribution in [1.29, 1.82) is 0 Å². The molecule has 3 nitrogen and oxygen atoms in total. The Kier molecular flexibility index (Phi) is 5.30. The Morgan fingerprint density at radius 2 is 1.76 bits per heavy atom. The molecule has 1 saturated heterocycles. The Morgan fingerprint density at radius 3 is 2.44 bits per heavy atom. The largest absolute Gasteiger partial charge is 0.336 e. The summed E-state index contributed by atoms with van der Waals surface area (Å²) in [5, 5.41) is 0.361. The summed E-state index contributed by atoms with van der Waals surface area (Å²) < 4.78 is 40.1. The molecule has 1 aliphatic heterocycles. The number of carbonyl (C=O) groups is 1. The van der Waals surface area contributed by atoms with Crippen LogP contribution in [0.25, 0.3) is 0 Å². The summed E-state index contributed by atoms with van der Waals surface area (Å²) in [5.74, 6) is -3.05. The molecule has 0 aromatic heterocycles. The van der Waals surface area contributed by atoms with E-state index in [0.717, 1.165) is 11.6 Å². The Hall–Kier alpha value is -2.05. The minimum absolute atomic E-state index is 0.255. The van der Waals surface area contributed by atoms with Crippen molar-refractivity contribution in [3.63, 3.8) is 0 Å². The number of amides is 1. The van der Waals surface area contributed by atoms with Gasteiger partial charge in [0, 0.05) is 37.7 Å². The first-order valence-electron chi connectivity index (χ1n) is 7.85. The molecule has 0 N–H and O–H groups in total. The van der Waals surface area contributed by atoms with Crippen LogP contribution in [0.1, 0.15) is 15.9 Å². The highest BCUT2D eigenvalue weighted by Gasteiger charge is 2.25. The monoisotopic (exact) mass is 368 g/mol. The maximum atomic E-state index is 13.8. The molecule has 3 rings (SSSR count).